The largest absolute Gasteiger partial charge is 0.348 e. The molecule has 2 unspecified atom stereocenters. The summed E-state index contributed by atoms with van der Waals surface area (Å²) in [5.74, 6) is 1.01. The third-order valence-electron chi connectivity index (χ3n) is 3.54. The van der Waals surface area contributed by atoms with Crippen LogP contribution in [0, 0.1) is 11.8 Å². The number of amides is 1. The van der Waals surface area contributed by atoms with Crippen molar-refractivity contribution in [2.45, 2.75) is 59.5 Å². The Morgan fingerprint density at radius 3 is 2.10 bits per heavy atom. The zero-order valence-electron chi connectivity index (χ0n) is 14.0. The Labute approximate surface area is 129 Å². The second-order valence-corrected chi connectivity index (χ2v) is 6.81. The highest BCUT2D eigenvalue weighted by Crippen LogP contribution is 2.16. The topological polar surface area (TPSA) is 55.1 Å². The van der Waals surface area contributed by atoms with Crippen LogP contribution in [0.25, 0.3) is 0 Å². The van der Waals surface area contributed by atoms with Crippen molar-refractivity contribution < 1.29 is 4.79 Å². The third kappa shape index (κ3) is 6.30. The number of hydrogen-bond acceptors (Lipinski definition) is 2. The van der Waals surface area contributed by atoms with Crippen LogP contribution in [0.2, 0.25) is 0 Å². The van der Waals surface area contributed by atoms with Gasteiger partial charge >= 0.3 is 0 Å². The lowest BCUT2D eigenvalue weighted by Gasteiger charge is -2.19. The maximum absolute atomic E-state index is 12.0. The van der Waals surface area contributed by atoms with Crippen LogP contribution in [-0.4, -0.2) is 11.9 Å². The molecule has 0 bridgehead atoms. The molecule has 0 saturated heterocycles. The fourth-order valence-electron chi connectivity index (χ4n) is 2.43. The van der Waals surface area contributed by atoms with E-state index >= 15 is 0 Å². The number of nitrogens with one attached hydrogen (secondary N) is 1. The summed E-state index contributed by atoms with van der Waals surface area (Å²) < 4.78 is 0. The first-order valence-electron chi connectivity index (χ1n) is 7.94. The molecular weight excluding hydrogens is 260 g/mol. The minimum Gasteiger partial charge on any atom is -0.348 e. The number of nitrogens with two attached hydrogens (primary N) is 1. The van der Waals surface area contributed by atoms with Gasteiger partial charge in [-0.1, -0.05) is 52.0 Å². The quantitative estimate of drug-likeness (QED) is 0.808. The van der Waals surface area contributed by atoms with Gasteiger partial charge in [0.05, 0.1) is 12.1 Å². The van der Waals surface area contributed by atoms with Crippen LogP contribution in [0.5, 0.6) is 0 Å². The second kappa shape index (κ2) is 8.18. The van der Waals surface area contributed by atoms with E-state index in [1.807, 2.05) is 6.92 Å². The zero-order chi connectivity index (χ0) is 16.0. The number of hydrogen-bond donors (Lipinski definition) is 2. The Morgan fingerprint density at radius 1 is 1.05 bits per heavy atom. The van der Waals surface area contributed by atoms with Gasteiger partial charge in [-0.25, -0.2) is 0 Å². The van der Waals surface area contributed by atoms with Crippen molar-refractivity contribution in [2.24, 2.45) is 17.6 Å². The van der Waals surface area contributed by atoms with E-state index in [9.17, 15) is 4.79 Å². The molecule has 1 rings (SSSR count). The summed E-state index contributed by atoms with van der Waals surface area (Å²) in [5, 5.41) is 3.00. The maximum Gasteiger partial charge on any atom is 0.237 e. The fourth-order valence-corrected chi connectivity index (χ4v) is 2.43. The lowest BCUT2D eigenvalue weighted by Crippen LogP contribution is -2.42. The predicted octanol–water partition coefficient (Wildman–Crippen LogP) is 3.44. The first-order chi connectivity index (χ1) is 9.79. The van der Waals surface area contributed by atoms with E-state index in [4.69, 9.17) is 5.73 Å². The van der Waals surface area contributed by atoms with Gasteiger partial charge in [0.25, 0.3) is 0 Å². The average molecular weight is 290 g/mol. The van der Waals surface area contributed by atoms with Gasteiger partial charge < -0.3 is 11.1 Å². The highest BCUT2D eigenvalue weighted by Gasteiger charge is 2.17. The third-order valence-corrected chi connectivity index (χ3v) is 3.54. The van der Waals surface area contributed by atoms with E-state index in [0.717, 1.165) is 12.0 Å². The molecule has 3 nitrogen and oxygen atoms in total. The molecule has 1 aromatic rings. The molecule has 2 atom stereocenters. The van der Waals surface area contributed by atoms with Crippen LogP contribution in [-0.2, 0) is 11.2 Å². The van der Waals surface area contributed by atoms with Gasteiger partial charge in [0.1, 0.15) is 0 Å². The number of carbonyl (C=O) groups is 1. The first kappa shape index (κ1) is 17.7. The minimum absolute atomic E-state index is 0.0104. The highest BCUT2D eigenvalue weighted by atomic mass is 16.2. The molecule has 1 aromatic carbocycles. The molecule has 3 N–H and O–H groups in total. The molecule has 1 amide bonds. The molecule has 0 aliphatic rings. The van der Waals surface area contributed by atoms with Crippen molar-refractivity contribution in [2.75, 3.05) is 0 Å². The van der Waals surface area contributed by atoms with Crippen molar-refractivity contribution in [1.82, 2.24) is 5.32 Å². The van der Waals surface area contributed by atoms with Gasteiger partial charge in [0.15, 0.2) is 0 Å². The standard InChI is InChI=1S/C18H30N2O/c1-12(2)10-15-6-8-16(9-7-15)14(5)20-18(21)17(19)11-13(3)4/h6-9,12-14,17H,10-11,19H2,1-5H3,(H,20,21). The van der Waals surface area contributed by atoms with Gasteiger partial charge in [-0.05, 0) is 42.7 Å². The van der Waals surface area contributed by atoms with Crippen molar-refractivity contribution in [3.05, 3.63) is 35.4 Å². The number of benzene rings is 1. The molecule has 21 heavy (non-hydrogen) atoms. The lowest BCUT2D eigenvalue weighted by atomic mass is 9.99. The Hall–Kier alpha value is -1.35. The van der Waals surface area contributed by atoms with E-state index in [1.54, 1.807) is 0 Å². The van der Waals surface area contributed by atoms with E-state index in [0.29, 0.717) is 18.3 Å². The van der Waals surface area contributed by atoms with Crippen molar-refractivity contribution in [1.29, 1.82) is 0 Å². The Kier molecular flexibility index (Phi) is 6.90. The van der Waals surface area contributed by atoms with E-state index in [-0.39, 0.29) is 11.9 Å². The molecule has 0 radical (unpaired) electrons. The maximum atomic E-state index is 12.0. The van der Waals surface area contributed by atoms with Gasteiger partial charge in [-0.2, -0.15) is 0 Å². The van der Waals surface area contributed by atoms with Crippen molar-refractivity contribution in [3.63, 3.8) is 0 Å². The van der Waals surface area contributed by atoms with Gasteiger partial charge in [0.2, 0.25) is 5.91 Å². The Morgan fingerprint density at radius 2 is 1.62 bits per heavy atom. The summed E-state index contributed by atoms with van der Waals surface area (Å²) in [7, 11) is 0. The summed E-state index contributed by atoms with van der Waals surface area (Å²) in [6, 6.07) is 8.04. The molecule has 0 aliphatic carbocycles. The first-order valence-corrected chi connectivity index (χ1v) is 7.94. The minimum atomic E-state index is -0.423. The molecule has 0 spiro atoms. The van der Waals surface area contributed by atoms with E-state index < -0.39 is 6.04 Å². The average Bonchev–Trinajstić information content (AvgIpc) is 2.37. The zero-order valence-corrected chi connectivity index (χ0v) is 14.0. The second-order valence-electron chi connectivity index (χ2n) is 6.81. The monoisotopic (exact) mass is 290 g/mol. The van der Waals surface area contributed by atoms with Crippen LogP contribution in [0.3, 0.4) is 0 Å². The Bertz CT molecular complexity index is 437. The van der Waals surface area contributed by atoms with Gasteiger partial charge in [-0.3, -0.25) is 4.79 Å². The molecular formula is C18H30N2O. The SMILES string of the molecule is CC(C)Cc1ccc(C(C)NC(=O)C(N)CC(C)C)cc1. The van der Waals surface area contributed by atoms with Crippen LogP contribution in [0.15, 0.2) is 24.3 Å². The summed E-state index contributed by atoms with van der Waals surface area (Å²) >= 11 is 0. The fraction of sp³-hybridized carbons (Fsp3) is 0.611. The predicted molar refractivity (Wildman–Crippen MR) is 89.0 cm³/mol. The molecule has 0 heterocycles. The normalized spacial score (nSPS) is 14.3. The smallest absolute Gasteiger partial charge is 0.237 e. The van der Waals surface area contributed by atoms with Crippen molar-refractivity contribution in [3.8, 4) is 0 Å². The van der Waals surface area contributed by atoms with Crippen LogP contribution >= 0.6 is 0 Å². The van der Waals surface area contributed by atoms with Crippen molar-refractivity contribution >= 4 is 5.91 Å². The van der Waals surface area contributed by atoms with Gasteiger partial charge in [0, 0.05) is 0 Å². The van der Waals surface area contributed by atoms with Crippen LogP contribution < -0.4 is 11.1 Å². The molecule has 3 heteroatoms. The van der Waals surface area contributed by atoms with Crippen LogP contribution in [0.1, 0.15) is 58.2 Å². The van der Waals surface area contributed by atoms with E-state index in [1.165, 1.54) is 5.56 Å². The van der Waals surface area contributed by atoms with Crippen LogP contribution in [0.4, 0.5) is 0 Å². The Balaban J connectivity index is 2.58. The summed E-state index contributed by atoms with van der Waals surface area (Å²) in [4.78, 5) is 12.0. The molecule has 0 aromatic heterocycles. The summed E-state index contributed by atoms with van der Waals surface area (Å²) in [5.41, 5.74) is 8.37. The lowest BCUT2D eigenvalue weighted by molar-refractivity contribution is -0.123. The highest BCUT2D eigenvalue weighted by molar-refractivity contribution is 5.81. The molecule has 0 aliphatic heterocycles. The molecule has 118 valence electrons. The number of carbonyl (C=O) groups excluding carboxylic acids is 1. The van der Waals surface area contributed by atoms with E-state index in [2.05, 4.69) is 57.3 Å². The number of rotatable bonds is 7. The van der Waals surface area contributed by atoms with Gasteiger partial charge in [-0.15, -0.1) is 0 Å². The summed E-state index contributed by atoms with van der Waals surface area (Å²) in [6.07, 6.45) is 1.80. The summed E-state index contributed by atoms with van der Waals surface area (Å²) in [6.45, 7) is 10.6. The molecule has 0 saturated carbocycles. The molecule has 0 fully saturated rings.